The number of imidazole rings is 1. The summed E-state index contributed by atoms with van der Waals surface area (Å²) in [5, 5.41) is 10.3. The number of nitrogens with one attached hydrogen (secondary N) is 1. The largest absolute Gasteiger partial charge is 0.477 e. The van der Waals surface area contributed by atoms with E-state index in [0.717, 1.165) is 12.1 Å². The van der Waals surface area contributed by atoms with Crippen LogP contribution in [0.25, 0.3) is 0 Å². The Morgan fingerprint density at radius 3 is 2.77 bits per heavy atom. The van der Waals surface area contributed by atoms with Crippen molar-refractivity contribution in [1.29, 1.82) is 0 Å². The van der Waals surface area contributed by atoms with Gasteiger partial charge in [0.05, 0.1) is 23.5 Å². The first-order valence-corrected chi connectivity index (χ1v) is 9.62. The summed E-state index contributed by atoms with van der Waals surface area (Å²) in [6, 6.07) is 0.260. The average molecular weight is 396 g/mol. The second kappa shape index (κ2) is 6.24. The molecule has 4 heterocycles. The monoisotopic (exact) mass is 395 g/mol. The molecule has 2 aromatic heterocycles. The van der Waals surface area contributed by atoms with Crippen LogP contribution < -0.4 is 4.90 Å². The van der Waals surface area contributed by atoms with Crippen molar-refractivity contribution >= 4 is 39.9 Å². The van der Waals surface area contributed by atoms with Crippen LogP contribution in [0.15, 0.2) is 0 Å². The minimum atomic E-state index is -0.951. The Bertz CT molecular complexity index is 895. The zero-order valence-electron chi connectivity index (χ0n) is 14.3. The molecular formula is C16H18ClN5O3S. The summed E-state index contributed by atoms with van der Waals surface area (Å²) in [5.41, 5.74) is 1.30. The maximum Gasteiger partial charge on any atom is 0.347 e. The molecule has 1 amide bonds. The van der Waals surface area contributed by atoms with Crippen molar-refractivity contribution < 1.29 is 14.7 Å². The van der Waals surface area contributed by atoms with E-state index in [4.69, 9.17) is 11.6 Å². The first kappa shape index (κ1) is 17.3. The predicted octanol–water partition coefficient (Wildman–Crippen LogP) is 2.19. The topological polar surface area (TPSA) is 102 Å². The summed E-state index contributed by atoms with van der Waals surface area (Å²) in [6.45, 7) is 4.94. The van der Waals surface area contributed by atoms with Gasteiger partial charge in [0.25, 0.3) is 5.91 Å². The van der Waals surface area contributed by atoms with Gasteiger partial charge < -0.3 is 19.9 Å². The van der Waals surface area contributed by atoms with Crippen LogP contribution in [0.4, 0.5) is 5.13 Å². The summed E-state index contributed by atoms with van der Waals surface area (Å²) >= 11 is 7.24. The standard InChI is InChI=1S/C16H18ClN5O3S/c1-3-8-12(17)20-13(19-8)14(23)21-5-4-9-10(21)6-22(9)16-18-7(2)11(26-16)15(24)25/h9-10H,3-6H2,1-2H3,(H,19,20)(H,24,25)/t9-,10-/m1/s1. The lowest BCUT2D eigenvalue weighted by Gasteiger charge is -2.46. The maximum absolute atomic E-state index is 12.8. The Morgan fingerprint density at radius 2 is 2.15 bits per heavy atom. The molecule has 0 radical (unpaired) electrons. The van der Waals surface area contributed by atoms with Crippen LogP contribution >= 0.6 is 22.9 Å². The number of nitrogens with zero attached hydrogens (tertiary/aromatic N) is 4. The van der Waals surface area contributed by atoms with Gasteiger partial charge in [-0.25, -0.2) is 14.8 Å². The molecule has 8 nitrogen and oxygen atoms in total. The van der Waals surface area contributed by atoms with Crippen LogP contribution in [0.2, 0.25) is 5.15 Å². The quantitative estimate of drug-likeness (QED) is 0.822. The zero-order chi connectivity index (χ0) is 18.6. The molecular weight excluding hydrogens is 378 g/mol. The number of halogens is 1. The van der Waals surface area contributed by atoms with Gasteiger partial charge in [0.15, 0.2) is 16.1 Å². The van der Waals surface area contributed by atoms with Crippen molar-refractivity contribution in [3.63, 3.8) is 0 Å². The zero-order valence-corrected chi connectivity index (χ0v) is 15.9. The lowest BCUT2D eigenvalue weighted by molar-refractivity contribution is 0.0686. The molecule has 0 aliphatic carbocycles. The van der Waals surface area contributed by atoms with Crippen LogP contribution in [0.5, 0.6) is 0 Å². The lowest BCUT2D eigenvalue weighted by atomic mass is 9.98. The highest BCUT2D eigenvalue weighted by Crippen LogP contribution is 2.39. The van der Waals surface area contributed by atoms with E-state index in [0.29, 0.717) is 35.5 Å². The number of carboxylic acids is 1. The third-order valence-corrected chi connectivity index (χ3v) is 6.56. The predicted molar refractivity (Wildman–Crippen MR) is 97.4 cm³/mol. The first-order chi connectivity index (χ1) is 12.4. The highest BCUT2D eigenvalue weighted by Gasteiger charge is 2.50. The molecule has 0 bridgehead atoms. The van der Waals surface area contributed by atoms with Gasteiger partial charge in [-0.1, -0.05) is 29.9 Å². The number of carboxylic acid groups (broad SMARTS) is 1. The van der Waals surface area contributed by atoms with Gasteiger partial charge in [0, 0.05) is 13.1 Å². The fourth-order valence-corrected chi connectivity index (χ4v) is 4.89. The van der Waals surface area contributed by atoms with Crippen LogP contribution in [0, 0.1) is 6.92 Å². The number of hydrogen-bond donors (Lipinski definition) is 2. The number of likely N-dealkylation sites (tertiary alicyclic amines) is 1. The average Bonchev–Trinajstić information content (AvgIpc) is 3.23. The van der Waals surface area contributed by atoms with Gasteiger partial charge in [-0.15, -0.1) is 0 Å². The minimum absolute atomic E-state index is 0.0916. The number of aryl methyl sites for hydroxylation is 2. The van der Waals surface area contributed by atoms with Gasteiger partial charge in [0.1, 0.15) is 4.88 Å². The smallest absolute Gasteiger partial charge is 0.347 e. The van der Waals surface area contributed by atoms with E-state index in [1.54, 1.807) is 6.92 Å². The van der Waals surface area contributed by atoms with Crippen molar-refractivity contribution in [2.45, 2.75) is 38.8 Å². The molecule has 0 saturated carbocycles. The Kier molecular flexibility index (Phi) is 4.15. The summed E-state index contributed by atoms with van der Waals surface area (Å²) in [4.78, 5) is 39.7. The number of aromatic amines is 1. The molecule has 4 rings (SSSR count). The van der Waals surface area contributed by atoms with Gasteiger partial charge in [-0.05, 0) is 19.8 Å². The van der Waals surface area contributed by atoms with E-state index in [1.807, 2.05) is 11.8 Å². The SMILES string of the molecule is CCc1[nH]c(C(=O)N2CC[C@@H]3[C@H]2CN3c2nc(C)c(C(=O)O)s2)nc1Cl. The third kappa shape index (κ3) is 2.57. The number of H-pyrrole nitrogens is 1. The summed E-state index contributed by atoms with van der Waals surface area (Å²) in [5.74, 6) is -0.808. The number of thiazole rings is 1. The van der Waals surface area contributed by atoms with Crippen LogP contribution in [-0.2, 0) is 6.42 Å². The Balaban J connectivity index is 1.49. The van der Waals surface area contributed by atoms with Gasteiger partial charge in [-0.2, -0.15) is 0 Å². The number of hydrogen-bond acceptors (Lipinski definition) is 6. The molecule has 0 unspecified atom stereocenters. The van der Waals surface area contributed by atoms with E-state index >= 15 is 0 Å². The summed E-state index contributed by atoms with van der Waals surface area (Å²) in [7, 11) is 0. The molecule has 138 valence electrons. The lowest BCUT2D eigenvalue weighted by Crippen LogP contribution is -2.63. The normalized spacial score (nSPS) is 21.7. The second-order valence-electron chi connectivity index (χ2n) is 6.50. The van der Waals surface area contributed by atoms with Crippen LogP contribution in [0.1, 0.15) is 45.0 Å². The second-order valence-corrected chi connectivity index (χ2v) is 7.83. The van der Waals surface area contributed by atoms with Crippen molar-refractivity contribution in [1.82, 2.24) is 19.9 Å². The molecule has 2 atom stereocenters. The minimum Gasteiger partial charge on any atom is -0.477 e. The van der Waals surface area contributed by atoms with Crippen molar-refractivity contribution in [3.05, 3.63) is 27.2 Å². The number of anilines is 1. The molecule has 2 fully saturated rings. The van der Waals surface area contributed by atoms with E-state index in [1.165, 1.54) is 11.3 Å². The first-order valence-electron chi connectivity index (χ1n) is 8.43. The van der Waals surface area contributed by atoms with Gasteiger partial charge in [-0.3, -0.25) is 4.79 Å². The number of aromatic carboxylic acids is 1. The number of rotatable bonds is 4. The molecule has 2 N–H and O–H groups in total. The highest BCUT2D eigenvalue weighted by atomic mass is 35.5. The van der Waals surface area contributed by atoms with Crippen molar-refractivity contribution in [2.75, 3.05) is 18.0 Å². The Labute approximate surface area is 158 Å². The molecule has 0 aromatic carbocycles. The number of carbonyl (C=O) groups excluding carboxylic acids is 1. The number of carbonyl (C=O) groups is 2. The van der Waals surface area contributed by atoms with Crippen molar-refractivity contribution in [2.24, 2.45) is 0 Å². The van der Waals surface area contributed by atoms with Crippen LogP contribution in [-0.4, -0.2) is 62.0 Å². The number of fused-ring (bicyclic) bond motifs is 1. The Hall–Kier alpha value is -2.13. The fourth-order valence-electron chi connectivity index (χ4n) is 3.66. The van der Waals surface area contributed by atoms with E-state index in [-0.39, 0.29) is 28.7 Å². The molecule has 2 aliphatic heterocycles. The Morgan fingerprint density at radius 1 is 1.38 bits per heavy atom. The van der Waals surface area contributed by atoms with Crippen LogP contribution in [0.3, 0.4) is 0 Å². The molecule has 2 aliphatic rings. The fraction of sp³-hybridized carbons (Fsp3) is 0.500. The van der Waals surface area contributed by atoms with E-state index < -0.39 is 5.97 Å². The van der Waals surface area contributed by atoms with E-state index in [9.17, 15) is 14.7 Å². The third-order valence-electron chi connectivity index (χ3n) is 5.06. The summed E-state index contributed by atoms with van der Waals surface area (Å²) in [6.07, 6.45) is 1.51. The van der Waals surface area contributed by atoms with E-state index in [2.05, 4.69) is 19.9 Å². The summed E-state index contributed by atoms with van der Waals surface area (Å²) < 4.78 is 0. The van der Waals surface area contributed by atoms with Gasteiger partial charge >= 0.3 is 5.97 Å². The highest BCUT2D eigenvalue weighted by molar-refractivity contribution is 7.17. The molecule has 0 spiro atoms. The molecule has 26 heavy (non-hydrogen) atoms. The molecule has 2 saturated heterocycles. The van der Waals surface area contributed by atoms with Crippen molar-refractivity contribution in [3.8, 4) is 0 Å². The number of amides is 1. The molecule has 2 aromatic rings. The maximum atomic E-state index is 12.8. The van der Waals surface area contributed by atoms with Gasteiger partial charge in [0.2, 0.25) is 0 Å². The molecule has 10 heteroatoms. The number of aromatic nitrogens is 3.